The van der Waals surface area contributed by atoms with E-state index in [4.69, 9.17) is 4.74 Å². The van der Waals surface area contributed by atoms with Crippen LogP contribution in [0.5, 0.6) is 0 Å². The lowest BCUT2D eigenvalue weighted by atomic mass is 9.86. The Balaban J connectivity index is 2.16. The van der Waals surface area contributed by atoms with E-state index in [1.165, 1.54) is 7.11 Å². The van der Waals surface area contributed by atoms with Crippen molar-refractivity contribution in [2.45, 2.75) is 48.8 Å². The molecule has 0 bridgehead atoms. The number of sulfone groups is 1. The molecule has 1 saturated heterocycles. The van der Waals surface area contributed by atoms with Crippen molar-refractivity contribution in [3.8, 4) is 0 Å². The summed E-state index contributed by atoms with van der Waals surface area (Å²) in [4.78, 5) is 30.8. The number of hydrogen-bond acceptors (Lipinski definition) is 7. The Bertz CT molecular complexity index is 919. The smallest absolute Gasteiger partial charge is 0.260 e. The standard InChI is InChI=1S/C18H22N2O5S2/c1-10-12(14(21)18(2,3)4)20-15(22)13(25-5)16(20)27(23,24)17(10)26-11-8-6-7-9-19-11/h6-9,13,16-17H,1-5H3/t13-,16?,17-/m0/s1. The molecule has 7 nitrogen and oxygen atoms in total. The van der Waals surface area contributed by atoms with Crippen molar-refractivity contribution in [2.75, 3.05) is 7.11 Å². The van der Waals surface area contributed by atoms with E-state index < -0.39 is 37.2 Å². The summed E-state index contributed by atoms with van der Waals surface area (Å²) in [6.45, 7) is 6.83. The Labute approximate surface area is 163 Å². The molecule has 9 heteroatoms. The number of β-lactam (4-membered cyclic amide) rings is 1. The summed E-state index contributed by atoms with van der Waals surface area (Å²) in [5.74, 6) is -0.770. The fourth-order valence-corrected chi connectivity index (χ4v) is 7.11. The van der Waals surface area contributed by atoms with Gasteiger partial charge in [-0.25, -0.2) is 13.4 Å². The van der Waals surface area contributed by atoms with Crippen LogP contribution in [0, 0.1) is 5.41 Å². The van der Waals surface area contributed by atoms with Crippen molar-refractivity contribution < 1.29 is 22.7 Å². The molecule has 3 rings (SSSR count). The Morgan fingerprint density at radius 1 is 1.30 bits per heavy atom. The van der Waals surface area contributed by atoms with Gasteiger partial charge < -0.3 is 4.74 Å². The minimum atomic E-state index is -3.83. The third kappa shape index (κ3) is 3.11. The molecule has 3 heterocycles. The molecule has 0 N–H and O–H groups in total. The Morgan fingerprint density at radius 3 is 2.48 bits per heavy atom. The molecular weight excluding hydrogens is 388 g/mol. The molecular formula is C18H22N2O5S2. The van der Waals surface area contributed by atoms with Crippen LogP contribution in [0.3, 0.4) is 0 Å². The summed E-state index contributed by atoms with van der Waals surface area (Å²) in [5.41, 5.74) is -0.250. The molecule has 1 fully saturated rings. The number of ether oxygens (including phenoxy) is 1. The zero-order valence-corrected chi connectivity index (χ0v) is 17.4. The van der Waals surface area contributed by atoms with E-state index in [9.17, 15) is 18.0 Å². The van der Waals surface area contributed by atoms with Crippen LogP contribution in [0.2, 0.25) is 0 Å². The highest BCUT2D eigenvalue weighted by atomic mass is 32.3. The van der Waals surface area contributed by atoms with Gasteiger partial charge >= 0.3 is 0 Å². The lowest BCUT2D eigenvalue weighted by Crippen LogP contribution is -2.71. The number of thioether (sulfide) groups is 1. The minimum absolute atomic E-state index is 0.161. The highest BCUT2D eigenvalue weighted by Crippen LogP contribution is 2.47. The van der Waals surface area contributed by atoms with E-state index in [1.807, 2.05) is 0 Å². The average molecular weight is 411 g/mol. The summed E-state index contributed by atoms with van der Waals surface area (Å²) in [7, 11) is -2.53. The van der Waals surface area contributed by atoms with Crippen LogP contribution in [0.25, 0.3) is 0 Å². The molecule has 146 valence electrons. The van der Waals surface area contributed by atoms with Crippen molar-refractivity contribution in [2.24, 2.45) is 5.41 Å². The highest BCUT2D eigenvalue weighted by Gasteiger charge is 2.63. The lowest BCUT2D eigenvalue weighted by molar-refractivity contribution is -0.161. The van der Waals surface area contributed by atoms with E-state index in [0.29, 0.717) is 10.6 Å². The summed E-state index contributed by atoms with van der Waals surface area (Å²) < 4.78 is 30.6. The molecule has 3 atom stereocenters. The fourth-order valence-electron chi connectivity index (χ4n) is 3.21. The number of fused-ring (bicyclic) bond motifs is 1. The number of Topliss-reactive ketones (excluding diaryl/α,β-unsaturated/α-hetero) is 1. The molecule has 0 aromatic carbocycles. The first kappa shape index (κ1) is 20.0. The largest absolute Gasteiger partial charge is 0.368 e. The predicted octanol–water partition coefficient (Wildman–Crippen LogP) is 2.00. The third-order valence-corrected chi connectivity index (χ3v) is 8.84. The van der Waals surface area contributed by atoms with Gasteiger partial charge in [0, 0.05) is 18.7 Å². The van der Waals surface area contributed by atoms with Gasteiger partial charge in [-0.05, 0) is 24.6 Å². The first-order chi connectivity index (χ1) is 12.5. The van der Waals surface area contributed by atoms with Gasteiger partial charge in [0.15, 0.2) is 27.1 Å². The quantitative estimate of drug-likeness (QED) is 0.701. The monoisotopic (exact) mass is 410 g/mol. The van der Waals surface area contributed by atoms with Crippen LogP contribution in [-0.2, 0) is 24.2 Å². The molecule has 2 aliphatic rings. The van der Waals surface area contributed by atoms with Gasteiger partial charge in [-0.1, -0.05) is 38.6 Å². The second-order valence-corrected chi connectivity index (χ2v) is 11.1. The maximum absolute atomic E-state index is 13.3. The Kier molecular flexibility index (Phi) is 4.98. The second kappa shape index (κ2) is 6.72. The van der Waals surface area contributed by atoms with Gasteiger partial charge in [0.1, 0.15) is 4.58 Å². The van der Waals surface area contributed by atoms with Crippen molar-refractivity contribution >= 4 is 33.3 Å². The molecule has 0 aliphatic carbocycles. The van der Waals surface area contributed by atoms with Gasteiger partial charge in [0.25, 0.3) is 5.91 Å². The molecule has 0 spiro atoms. The van der Waals surface area contributed by atoms with Crippen molar-refractivity contribution in [3.05, 3.63) is 35.7 Å². The Hall–Kier alpha value is -1.71. The molecule has 1 amide bonds. The van der Waals surface area contributed by atoms with E-state index in [2.05, 4.69) is 4.98 Å². The van der Waals surface area contributed by atoms with Crippen LogP contribution >= 0.6 is 11.8 Å². The van der Waals surface area contributed by atoms with Crippen molar-refractivity contribution in [3.63, 3.8) is 0 Å². The molecule has 1 aromatic heterocycles. The van der Waals surface area contributed by atoms with Gasteiger partial charge in [0.2, 0.25) is 0 Å². The highest BCUT2D eigenvalue weighted by molar-refractivity contribution is 8.14. The minimum Gasteiger partial charge on any atom is -0.368 e. The predicted molar refractivity (Wildman–Crippen MR) is 101 cm³/mol. The maximum atomic E-state index is 13.3. The first-order valence-corrected chi connectivity index (χ1v) is 10.9. The lowest BCUT2D eigenvalue weighted by Gasteiger charge is -2.51. The molecule has 2 aliphatic heterocycles. The van der Waals surface area contributed by atoms with Crippen molar-refractivity contribution in [1.29, 1.82) is 0 Å². The van der Waals surface area contributed by atoms with Gasteiger partial charge in [-0.15, -0.1) is 0 Å². The number of hydrogen-bond donors (Lipinski definition) is 0. The molecule has 1 aromatic rings. The summed E-state index contributed by atoms with van der Waals surface area (Å²) in [6.07, 6.45) is 0.479. The summed E-state index contributed by atoms with van der Waals surface area (Å²) in [6, 6.07) is 5.22. The van der Waals surface area contributed by atoms with Crippen LogP contribution in [0.15, 0.2) is 40.7 Å². The fraction of sp³-hybridized carbons (Fsp3) is 0.500. The molecule has 0 saturated carbocycles. The zero-order valence-electron chi connectivity index (χ0n) is 15.8. The molecule has 1 unspecified atom stereocenters. The first-order valence-electron chi connectivity index (χ1n) is 8.43. The zero-order chi connectivity index (χ0) is 20.1. The van der Waals surface area contributed by atoms with Gasteiger partial charge in [-0.2, -0.15) is 0 Å². The van der Waals surface area contributed by atoms with E-state index in [-0.39, 0.29) is 11.5 Å². The molecule has 0 radical (unpaired) electrons. The summed E-state index contributed by atoms with van der Waals surface area (Å²) in [5, 5.41) is -0.665. The van der Waals surface area contributed by atoms with Crippen LogP contribution in [0.1, 0.15) is 27.7 Å². The van der Waals surface area contributed by atoms with E-state index in [0.717, 1.165) is 16.7 Å². The number of carbonyl (C=O) groups is 2. The van der Waals surface area contributed by atoms with E-state index in [1.54, 1.807) is 52.1 Å². The number of pyridine rings is 1. The number of nitrogens with zero attached hydrogens (tertiary/aromatic N) is 2. The molecule has 27 heavy (non-hydrogen) atoms. The van der Waals surface area contributed by atoms with Gasteiger partial charge in [0.05, 0.1) is 10.7 Å². The van der Waals surface area contributed by atoms with Crippen LogP contribution < -0.4 is 0 Å². The normalized spacial score (nSPS) is 27.2. The second-order valence-electron chi connectivity index (χ2n) is 7.57. The van der Waals surface area contributed by atoms with Crippen LogP contribution in [-0.4, -0.2) is 53.2 Å². The topological polar surface area (TPSA) is 93.6 Å². The number of methoxy groups -OCH3 is 1. The number of aromatic nitrogens is 1. The van der Waals surface area contributed by atoms with E-state index >= 15 is 0 Å². The number of allylic oxidation sites excluding steroid dienone is 1. The van der Waals surface area contributed by atoms with Crippen molar-refractivity contribution in [1.82, 2.24) is 9.88 Å². The third-order valence-electron chi connectivity index (χ3n) is 4.61. The SMILES string of the molecule is CO[C@H]1C(=O)N2C(C(=O)C(C)(C)C)=C(C)[C@@H](Sc3ccccn3)S(=O)(=O)C12. The van der Waals surface area contributed by atoms with Crippen LogP contribution in [0.4, 0.5) is 0 Å². The summed E-state index contributed by atoms with van der Waals surface area (Å²) >= 11 is 1.06. The average Bonchev–Trinajstić information content (AvgIpc) is 2.59. The Morgan fingerprint density at radius 2 is 1.96 bits per heavy atom. The van der Waals surface area contributed by atoms with Gasteiger partial charge in [-0.3, -0.25) is 14.5 Å². The number of amides is 1. The number of rotatable bonds is 4. The number of carbonyl (C=O) groups excluding carboxylic acids is 2. The maximum Gasteiger partial charge on any atom is 0.260 e. The number of ketones is 1.